The molecule has 25 nitrogen and oxygen atoms in total. The third-order valence-electron chi connectivity index (χ3n) is 19.8. The molecule has 5 saturated carbocycles. The van der Waals surface area contributed by atoms with Crippen molar-refractivity contribution in [3.8, 4) is 0 Å². The number of esters is 1. The molecule has 80 heavy (non-hydrogen) atoms. The summed E-state index contributed by atoms with van der Waals surface area (Å²) < 4.78 is 43.8. The van der Waals surface area contributed by atoms with Crippen molar-refractivity contribution in [2.24, 2.45) is 39.9 Å². The van der Waals surface area contributed by atoms with Crippen LogP contribution >= 0.6 is 0 Å². The van der Waals surface area contributed by atoms with E-state index in [0.717, 1.165) is 5.57 Å². The highest BCUT2D eigenvalue weighted by Crippen LogP contribution is 2.72. The van der Waals surface area contributed by atoms with Gasteiger partial charge in [0.1, 0.15) is 91.6 Å². The molecule has 452 valence electrons. The van der Waals surface area contributed by atoms with E-state index in [2.05, 4.69) is 18.8 Å². The molecule has 0 aromatic heterocycles. The van der Waals surface area contributed by atoms with Crippen molar-refractivity contribution in [2.75, 3.05) is 19.8 Å². The molecule has 1 spiro atoms. The molecule has 8 fully saturated rings. The number of carbonyl (C=O) groups is 2. The minimum Gasteiger partial charge on any atom is -0.480 e. The zero-order valence-electron chi connectivity index (χ0n) is 44.9. The fourth-order valence-corrected chi connectivity index (χ4v) is 15.5. The number of hydrogen-bond acceptors (Lipinski definition) is 24. The molecule has 16 N–H and O–H groups in total. The van der Waals surface area contributed by atoms with Crippen molar-refractivity contribution in [1.29, 1.82) is 0 Å². The van der Waals surface area contributed by atoms with Gasteiger partial charge in [-0.05, 0) is 99.4 Å². The van der Waals surface area contributed by atoms with Gasteiger partial charge in [-0.15, -0.1) is 0 Å². The Labute approximate surface area is 462 Å². The number of aliphatic hydroxyl groups is 14. The lowest BCUT2D eigenvalue weighted by Gasteiger charge is -2.64. The second-order valence-corrected chi connectivity index (χ2v) is 24.5. The highest BCUT2D eigenvalue weighted by atomic mass is 16.8. The minimum absolute atomic E-state index is 0.0692. The van der Waals surface area contributed by atoms with E-state index >= 15 is 0 Å². The SMILES string of the molecule is C=C1CC23CC[C@H]4[C@@](C)(CCC[C@@]4(C)C(=O)OC4O[C@H](C(O)N[C@H](Cc5ccccc5)C(=O)O)[C@@H](O)[C@H](O)[C@H]4O)[C@@H]2CC(O[C@@H]2O[C@H](CO)[C@@H](O)C(O[C@@H]4O[C@H](CCO)[C@@H](O)[C@H](O)[C@H]4O)[C@H]2O[C@@H]2C[C@H](CO)[C@@H](O)[C@H](O)[C@H]2O)C1C3. The van der Waals surface area contributed by atoms with Crippen LogP contribution in [0, 0.1) is 39.9 Å². The molecule has 29 atom stereocenters. The molecule has 1 aromatic rings. The fourth-order valence-electron chi connectivity index (χ4n) is 15.5. The van der Waals surface area contributed by atoms with Gasteiger partial charge in [0.25, 0.3) is 0 Å². The number of rotatable bonds is 18. The van der Waals surface area contributed by atoms with Crippen molar-refractivity contribution in [1.82, 2.24) is 5.32 Å². The van der Waals surface area contributed by atoms with E-state index in [4.69, 9.17) is 33.2 Å². The Balaban J connectivity index is 0.969. The quantitative estimate of drug-likeness (QED) is 0.0292. The summed E-state index contributed by atoms with van der Waals surface area (Å²) in [6, 6.07) is 7.21. The molecule has 5 aliphatic carbocycles. The standard InChI is InChI=1S/C55H83NO24/c1-23-19-55-14-10-32-53(2,12-7-13-54(32,3)52(73)80-50-43(69)40(66)41(67)45(79-50)47(70)56-27(48(71)72)16-24-8-5-4-6-9-24)33(55)18-29(26(23)20-55)76-51-46(74-30-17-25(21-58)34(60)38(64)36(30)62)44(37(63)31(22-59)77-51)78-49-42(68)39(65)35(61)28(75-49)11-15-57/h4-6,8-9,25-47,49-51,56-70H,1,7,10-22H2,2-3H3,(H,71,72)/t25-,26?,27-,28-,29?,30-,31-,32+,33+,34-,35-,36+,37-,38+,39+,40+,41+,42-,43-,44?,45+,46-,47?,49+,50?,51-,53-,54-,55?/m1/s1. The lowest BCUT2D eigenvalue weighted by Crippen LogP contribution is -2.67. The molecule has 1 aromatic carbocycles. The second kappa shape index (κ2) is 24.6. The summed E-state index contributed by atoms with van der Waals surface area (Å²) in [6.07, 6.45) is -31.3. The number of aliphatic carboxylic acids is 1. The van der Waals surface area contributed by atoms with Gasteiger partial charge < -0.3 is 110 Å². The van der Waals surface area contributed by atoms with E-state index < -0.39 is 183 Å². The molecule has 3 aliphatic heterocycles. The fraction of sp³-hybridized carbons (Fsp3) is 0.818. The number of hydrogen-bond donors (Lipinski definition) is 16. The van der Waals surface area contributed by atoms with Crippen LogP contribution in [-0.4, -0.2) is 243 Å². The number of aliphatic hydroxyl groups excluding tert-OH is 14. The first-order valence-electron chi connectivity index (χ1n) is 28.1. The van der Waals surface area contributed by atoms with Crippen LogP contribution in [0.3, 0.4) is 0 Å². The molecule has 8 aliphatic rings. The van der Waals surface area contributed by atoms with Crippen LogP contribution in [0.1, 0.15) is 83.6 Å². The summed E-state index contributed by atoms with van der Waals surface area (Å²) >= 11 is 0. The van der Waals surface area contributed by atoms with Crippen LogP contribution in [0.2, 0.25) is 0 Å². The van der Waals surface area contributed by atoms with Gasteiger partial charge in [-0.3, -0.25) is 14.9 Å². The third-order valence-corrected chi connectivity index (χ3v) is 19.8. The van der Waals surface area contributed by atoms with Crippen molar-refractivity contribution >= 4 is 11.9 Å². The second-order valence-electron chi connectivity index (χ2n) is 24.5. The zero-order valence-corrected chi connectivity index (χ0v) is 44.9. The van der Waals surface area contributed by atoms with Gasteiger partial charge in [0, 0.05) is 25.0 Å². The van der Waals surface area contributed by atoms with Crippen LogP contribution in [0.15, 0.2) is 42.5 Å². The Bertz CT molecular complexity index is 2290. The number of ether oxygens (including phenoxy) is 7. The number of carbonyl (C=O) groups excluding carboxylic acids is 1. The monoisotopic (exact) mass is 1140 g/mol. The average Bonchev–Trinajstić information content (AvgIpc) is 3.75. The molecule has 6 unspecified atom stereocenters. The number of fused-ring (bicyclic) bond motifs is 3. The van der Waals surface area contributed by atoms with Crippen LogP contribution < -0.4 is 5.32 Å². The molecule has 25 heteroatoms. The molecule has 3 heterocycles. The normalized spacial score (nSPS) is 48.3. The van der Waals surface area contributed by atoms with Crippen LogP contribution in [-0.2, 0) is 49.2 Å². The van der Waals surface area contributed by atoms with Gasteiger partial charge in [-0.1, -0.05) is 55.8 Å². The van der Waals surface area contributed by atoms with Gasteiger partial charge in [-0.2, -0.15) is 0 Å². The van der Waals surface area contributed by atoms with Gasteiger partial charge in [0.05, 0.1) is 36.4 Å². The van der Waals surface area contributed by atoms with Crippen LogP contribution in [0.25, 0.3) is 0 Å². The number of nitrogens with one attached hydrogen (secondary N) is 1. The van der Waals surface area contributed by atoms with Gasteiger partial charge in [0.2, 0.25) is 6.29 Å². The highest BCUT2D eigenvalue weighted by Gasteiger charge is 2.68. The first-order chi connectivity index (χ1) is 37.9. The molecule has 0 amide bonds. The number of benzene rings is 1. The predicted molar refractivity (Wildman–Crippen MR) is 270 cm³/mol. The number of carboxylic acids is 1. The lowest BCUT2D eigenvalue weighted by molar-refractivity contribution is -0.377. The topological polar surface area (TPSA) is 414 Å². The van der Waals surface area contributed by atoms with Crippen molar-refractivity contribution in [2.45, 2.75) is 219 Å². The predicted octanol–water partition coefficient (Wildman–Crippen LogP) is -3.59. The smallest absolute Gasteiger partial charge is 0.321 e. The maximum Gasteiger partial charge on any atom is 0.321 e. The molecule has 9 rings (SSSR count). The summed E-state index contributed by atoms with van der Waals surface area (Å²) in [5, 5.41) is 165. The van der Waals surface area contributed by atoms with Crippen molar-refractivity contribution < 1.29 is 119 Å². The Morgan fingerprint density at radius 1 is 0.700 bits per heavy atom. The first-order valence-corrected chi connectivity index (χ1v) is 28.1. The Hall–Kier alpha value is -2.94. The average molecular weight is 1140 g/mol. The first kappa shape index (κ1) is 61.6. The molecule has 2 bridgehead atoms. The largest absolute Gasteiger partial charge is 0.480 e. The van der Waals surface area contributed by atoms with E-state index in [1.807, 2.05) is 0 Å². The van der Waals surface area contributed by atoms with E-state index in [-0.39, 0.29) is 42.4 Å². The van der Waals surface area contributed by atoms with E-state index in [0.29, 0.717) is 56.9 Å². The summed E-state index contributed by atoms with van der Waals surface area (Å²) in [5.74, 6) is -3.88. The maximum absolute atomic E-state index is 14.9. The highest BCUT2D eigenvalue weighted by molar-refractivity contribution is 5.77. The zero-order chi connectivity index (χ0) is 57.9. The maximum atomic E-state index is 14.9. The van der Waals surface area contributed by atoms with E-state index in [1.54, 1.807) is 37.3 Å². The third kappa shape index (κ3) is 11.4. The molecular formula is C55H83NO24. The number of carboxylic acid groups (broad SMARTS) is 1. The van der Waals surface area contributed by atoms with Gasteiger partial charge >= 0.3 is 11.9 Å². The summed E-state index contributed by atoms with van der Waals surface area (Å²) in [7, 11) is 0. The van der Waals surface area contributed by atoms with Crippen LogP contribution in [0.4, 0.5) is 0 Å². The molecular weight excluding hydrogens is 1060 g/mol. The molecule has 3 saturated heterocycles. The summed E-state index contributed by atoms with van der Waals surface area (Å²) in [5.41, 5.74) is -0.621. The molecule has 0 radical (unpaired) electrons. The Morgan fingerprint density at radius 2 is 1.38 bits per heavy atom. The summed E-state index contributed by atoms with van der Waals surface area (Å²) in [6.45, 7) is 6.53. The van der Waals surface area contributed by atoms with E-state index in [1.165, 1.54) is 0 Å². The van der Waals surface area contributed by atoms with Crippen molar-refractivity contribution in [3.05, 3.63) is 48.0 Å². The van der Waals surface area contributed by atoms with Gasteiger partial charge in [-0.25, -0.2) is 0 Å². The van der Waals surface area contributed by atoms with Gasteiger partial charge in [0.15, 0.2) is 12.6 Å². The summed E-state index contributed by atoms with van der Waals surface area (Å²) in [4.78, 5) is 27.2. The Morgan fingerprint density at radius 3 is 2.05 bits per heavy atom. The Kier molecular flexibility index (Phi) is 18.9. The van der Waals surface area contributed by atoms with Crippen LogP contribution in [0.5, 0.6) is 0 Å². The van der Waals surface area contributed by atoms with Crippen molar-refractivity contribution in [3.63, 3.8) is 0 Å². The minimum atomic E-state index is -1.99. The van der Waals surface area contributed by atoms with E-state index in [9.17, 15) is 86.2 Å². The lowest BCUT2D eigenvalue weighted by atomic mass is 9.41.